The van der Waals surface area contributed by atoms with Crippen molar-refractivity contribution in [2.24, 2.45) is 11.8 Å². The van der Waals surface area contributed by atoms with E-state index in [1.165, 1.54) is 4.90 Å². The van der Waals surface area contributed by atoms with Gasteiger partial charge >= 0.3 is 0 Å². The molecule has 2 unspecified atom stereocenters. The molecule has 2 N–H and O–H groups in total. The molecule has 0 aromatic rings. The highest BCUT2D eigenvalue weighted by molar-refractivity contribution is 5.86. The van der Waals surface area contributed by atoms with E-state index in [1.54, 1.807) is 14.1 Å². The molecule has 0 aliphatic carbocycles. The van der Waals surface area contributed by atoms with E-state index in [0.717, 1.165) is 13.1 Å². The summed E-state index contributed by atoms with van der Waals surface area (Å²) in [6.07, 6.45) is 0. The lowest BCUT2D eigenvalue weighted by atomic mass is 9.97. The first kappa shape index (κ1) is 12.0. The number of hydrogen-bond acceptors (Lipinski definition) is 3. The third kappa shape index (κ3) is 2.92. The van der Waals surface area contributed by atoms with Crippen molar-refractivity contribution < 1.29 is 9.59 Å². The Hall–Kier alpha value is -1.10. The Bertz CT molecular complexity index is 255. The summed E-state index contributed by atoms with van der Waals surface area (Å²) in [6, 6.07) is 0. The van der Waals surface area contributed by atoms with Crippen LogP contribution in [0.3, 0.4) is 0 Å². The number of carbonyl (C=O) groups excluding carboxylic acids is 2. The van der Waals surface area contributed by atoms with Gasteiger partial charge in [0.2, 0.25) is 11.8 Å². The van der Waals surface area contributed by atoms with Crippen LogP contribution in [0.15, 0.2) is 0 Å². The van der Waals surface area contributed by atoms with Crippen molar-refractivity contribution in [3.8, 4) is 0 Å². The van der Waals surface area contributed by atoms with E-state index in [9.17, 15) is 9.59 Å². The van der Waals surface area contributed by atoms with Crippen LogP contribution in [-0.2, 0) is 9.59 Å². The molecule has 0 aromatic heterocycles. The quantitative estimate of drug-likeness (QED) is 0.635. The molecule has 0 bridgehead atoms. The van der Waals surface area contributed by atoms with Crippen molar-refractivity contribution in [2.45, 2.75) is 6.92 Å². The molecular weight excluding hydrogens is 194 g/mol. The smallest absolute Gasteiger partial charge is 0.239 e. The van der Waals surface area contributed by atoms with Crippen molar-refractivity contribution in [1.82, 2.24) is 15.5 Å². The summed E-state index contributed by atoms with van der Waals surface area (Å²) in [7, 11) is 3.24. The van der Waals surface area contributed by atoms with E-state index >= 15 is 0 Å². The van der Waals surface area contributed by atoms with Crippen LogP contribution in [0.25, 0.3) is 0 Å². The molecule has 5 heteroatoms. The summed E-state index contributed by atoms with van der Waals surface area (Å²) >= 11 is 0. The van der Waals surface area contributed by atoms with Gasteiger partial charge in [-0.2, -0.15) is 0 Å². The summed E-state index contributed by atoms with van der Waals surface area (Å²) < 4.78 is 0. The van der Waals surface area contributed by atoms with Crippen molar-refractivity contribution in [1.29, 1.82) is 0 Å². The van der Waals surface area contributed by atoms with Crippen LogP contribution in [0.5, 0.6) is 0 Å². The maximum absolute atomic E-state index is 11.9. The van der Waals surface area contributed by atoms with E-state index < -0.39 is 0 Å². The normalized spacial score (nSPS) is 25.0. The van der Waals surface area contributed by atoms with Gasteiger partial charge in [0.25, 0.3) is 0 Å². The molecule has 1 rings (SSSR count). The first-order chi connectivity index (χ1) is 7.06. The predicted molar refractivity (Wildman–Crippen MR) is 57.2 cm³/mol. The highest BCUT2D eigenvalue weighted by atomic mass is 16.2. The number of hydrogen-bond donors (Lipinski definition) is 2. The molecule has 86 valence electrons. The Balaban J connectivity index is 2.48. The van der Waals surface area contributed by atoms with Gasteiger partial charge in [-0.15, -0.1) is 0 Å². The van der Waals surface area contributed by atoms with Gasteiger partial charge in [0, 0.05) is 20.6 Å². The molecule has 0 aromatic carbocycles. The Labute approximate surface area is 90.2 Å². The van der Waals surface area contributed by atoms with Gasteiger partial charge in [-0.1, -0.05) is 6.92 Å². The van der Waals surface area contributed by atoms with E-state index in [0.29, 0.717) is 5.92 Å². The SMILES string of the molecule is CNC(=O)CN(C)C(=O)C1CNCC1C. The molecule has 1 aliphatic heterocycles. The molecular formula is C10H19N3O2. The van der Waals surface area contributed by atoms with Crippen molar-refractivity contribution in [3.63, 3.8) is 0 Å². The van der Waals surface area contributed by atoms with Gasteiger partial charge in [-0.05, 0) is 12.5 Å². The summed E-state index contributed by atoms with van der Waals surface area (Å²) in [6.45, 7) is 3.79. The Morgan fingerprint density at radius 1 is 1.47 bits per heavy atom. The number of amides is 2. The Morgan fingerprint density at radius 2 is 2.13 bits per heavy atom. The molecule has 1 fully saturated rings. The summed E-state index contributed by atoms with van der Waals surface area (Å²) in [5.41, 5.74) is 0. The molecule has 2 amide bonds. The zero-order valence-electron chi connectivity index (χ0n) is 9.54. The summed E-state index contributed by atoms with van der Waals surface area (Å²) in [5, 5.41) is 5.68. The minimum absolute atomic E-state index is 0.0136. The van der Waals surface area contributed by atoms with Gasteiger partial charge < -0.3 is 15.5 Å². The predicted octanol–water partition coefficient (Wildman–Crippen LogP) is -0.954. The number of carbonyl (C=O) groups is 2. The first-order valence-electron chi connectivity index (χ1n) is 5.22. The molecule has 15 heavy (non-hydrogen) atoms. The van der Waals surface area contributed by atoms with Crippen LogP contribution in [0, 0.1) is 11.8 Å². The van der Waals surface area contributed by atoms with Crippen LogP contribution < -0.4 is 10.6 Å². The van der Waals surface area contributed by atoms with Crippen molar-refractivity contribution in [3.05, 3.63) is 0 Å². The van der Waals surface area contributed by atoms with Crippen LogP contribution in [0.2, 0.25) is 0 Å². The Morgan fingerprint density at radius 3 is 2.60 bits per heavy atom. The maximum atomic E-state index is 11.9. The number of rotatable bonds is 3. The van der Waals surface area contributed by atoms with E-state index in [4.69, 9.17) is 0 Å². The van der Waals surface area contributed by atoms with Gasteiger partial charge in [-0.25, -0.2) is 0 Å². The first-order valence-corrected chi connectivity index (χ1v) is 5.22. The second-order valence-corrected chi connectivity index (χ2v) is 4.11. The van der Waals surface area contributed by atoms with Crippen molar-refractivity contribution in [2.75, 3.05) is 33.7 Å². The third-order valence-electron chi connectivity index (χ3n) is 2.87. The van der Waals surface area contributed by atoms with Gasteiger partial charge in [0.05, 0.1) is 12.5 Å². The molecule has 5 nitrogen and oxygen atoms in total. The standard InChI is InChI=1S/C10H19N3O2/c1-7-4-12-5-8(7)10(15)13(3)6-9(14)11-2/h7-8,12H,4-6H2,1-3H3,(H,11,14). The fourth-order valence-electron chi connectivity index (χ4n) is 1.80. The maximum Gasteiger partial charge on any atom is 0.239 e. The fraction of sp³-hybridized carbons (Fsp3) is 0.800. The third-order valence-corrected chi connectivity index (χ3v) is 2.87. The minimum atomic E-state index is -0.135. The minimum Gasteiger partial charge on any atom is -0.358 e. The molecule has 1 saturated heterocycles. The monoisotopic (exact) mass is 213 g/mol. The second kappa shape index (κ2) is 5.11. The zero-order chi connectivity index (χ0) is 11.4. The second-order valence-electron chi connectivity index (χ2n) is 4.11. The highest BCUT2D eigenvalue weighted by Gasteiger charge is 2.31. The topological polar surface area (TPSA) is 61.4 Å². The van der Waals surface area contributed by atoms with E-state index in [2.05, 4.69) is 17.6 Å². The summed E-state index contributed by atoms with van der Waals surface area (Å²) in [4.78, 5) is 24.5. The molecule has 0 saturated carbocycles. The van der Waals surface area contributed by atoms with Gasteiger partial charge in [-0.3, -0.25) is 9.59 Å². The largest absolute Gasteiger partial charge is 0.358 e. The number of nitrogens with one attached hydrogen (secondary N) is 2. The lowest BCUT2D eigenvalue weighted by molar-refractivity contribution is -0.138. The number of likely N-dealkylation sites (N-methyl/N-ethyl adjacent to an activating group) is 2. The summed E-state index contributed by atoms with van der Waals surface area (Å²) in [5.74, 6) is 0.282. The fourth-order valence-corrected chi connectivity index (χ4v) is 1.80. The molecule has 1 aliphatic rings. The molecule has 2 atom stereocenters. The zero-order valence-corrected chi connectivity index (χ0v) is 9.54. The number of nitrogens with zero attached hydrogens (tertiary/aromatic N) is 1. The van der Waals surface area contributed by atoms with E-state index in [-0.39, 0.29) is 24.3 Å². The lowest BCUT2D eigenvalue weighted by Gasteiger charge is -2.22. The average molecular weight is 213 g/mol. The van der Waals surface area contributed by atoms with Crippen LogP contribution in [-0.4, -0.2) is 50.4 Å². The molecule has 1 heterocycles. The van der Waals surface area contributed by atoms with Crippen molar-refractivity contribution >= 4 is 11.8 Å². The molecule has 0 spiro atoms. The van der Waals surface area contributed by atoms with Crippen LogP contribution in [0.1, 0.15) is 6.92 Å². The highest BCUT2D eigenvalue weighted by Crippen LogP contribution is 2.17. The van der Waals surface area contributed by atoms with Crippen LogP contribution >= 0.6 is 0 Å². The van der Waals surface area contributed by atoms with E-state index in [1.807, 2.05) is 0 Å². The molecule has 0 radical (unpaired) electrons. The van der Waals surface area contributed by atoms with Gasteiger partial charge in [0.1, 0.15) is 0 Å². The van der Waals surface area contributed by atoms with Gasteiger partial charge in [0.15, 0.2) is 0 Å². The average Bonchev–Trinajstić information content (AvgIpc) is 2.63. The Kier molecular flexibility index (Phi) is 4.08. The lowest BCUT2D eigenvalue weighted by Crippen LogP contribution is -2.41. The van der Waals surface area contributed by atoms with Crippen LogP contribution in [0.4, 0.5) is 0 Å².